The molecular formula is C22H25F2NO9S. The predicted octanol–water partition coefficient (Wildman–Crippen LogP) is 1.34. The van der Waals surface area contributed by atoms with E-state index in [0.717, 1.165) is 0 Å². The first-order valence-corrected chi connectivity index (χ1v) is 12.1. The van der Waals surface area contributed by atoms with Gasteiger partial charge in [0.15, 0.2) is 0 Å². The summed E-state index contributed by atoms with van der Waals surface area (Å²) in [6.07, 6.45) is -7.51. The van der Waals surface area contributed by atoms with Gasteiger partial charge in [0.2, 0.25) is 16.1 Å². The van der Waals surface area contributed by atoms with Gasteiger partial charge in [-0.2, -0.15) is 8.78 Å². The zero-order chi connectivity index (χ0) is 26.0. The highest BCUT2D eigenvalue weighted by Crippen LogP contribution is 2.34. The number of sulfone groups is 1. The fraction of sp³-hybridized carbons (Fsp3) is 0.409. The molecule has 0 spiro atoms. The second kappa shape index (κ2) is 10.4. The van der Waals surface area contributed by atoms with Crippen LogP contribution in [0.5, 0.6) is 5.75 Å². The van der Waals surface area contributed by atoms with Crippen LogP contribution < -0.4 is 10.1 Å². The van der Waals surface area contributed by atoms with Gasteiger partial charge in [0, 0.05) is 12.5 Å². The lowest BCUT2D eigenvalue weighted by Gasteiger charge is -2.41. The largest absolute Gasteiger partial charge is 0.465 e. The standard InChI is InChI=1S/C22H25F2NO9S/c1-22(23,24)35(31,32)11-12-5-4-6-13(9-12)14-7-2-3-8-15(14)33-20-17(25-21(29)30)19(28)18(27)16(10-26)34-20/h2-9,16-20,25-28H,10-11H2,1H3,(H,29,30)/t16?,17?,18-,19+,20+/m0/s1. The molecule has 0 aliphatic carbocycles. The molecule has 192 valence electrons. The zero-order valence-corrected chi connectivity index (χ0v) is 19.2. The number of alkyl halides is 2. The van der Waals surface area contributed by atoms with Gasteiger partial charge >= 0.3 is 11.3 Å². The van der Waals surface area contributed by atoms with Crippen molar-refractivity contribution in [2.75, 3.05) is 6.61 Å². The molecule has 2 aromatic rings. The molecule has 0 bridgehead atoms. The summed E-state index contributed by atoms with van der Waals surface area (Å²) in [5.41, 5.74) is 0.899. The van der Waals surface area contributed by atoms with Gasteiger partial charge in [0.25, 0.3) is 0 Å². The van der Waals surface area contributed by atoms with E-state index in [9.17, 15) is 37.3 Å². The molecule has 0 saturated carbocycles. The van der Waals surface area contributed by atoms with Crippen LogP contribution in [0.4, 0.5) is 13.6 Å². The van der Waals surface area contributed by atoms with Crippen molar-refractivity contribution in [2.45, 2.75) is 48.6 Å². The van der Waals surface area contributed by atoms with Crippen LogP contribution in [0.1, 0.15) is 12.5 Å². The summed E-state index contributed by atoms with van der Waals surface area (Å²) in [6, 6.07) is 10.7. The second-order valence-electron chi connectivity index (χ2n) is 8.06. The van der Waals surface area contributed by atoms with E-state index in [1.165, 1.54) is 24.3 Å². The van der Waals surface area contributed by atoms with E-state index in [4.69, 9.17) is 14.6 Å². The van der Waals surface area contributed by atoms with E-state index in [2.05, 4.69) is 0 Å². The Labute approximate surface area is 199 Å². The molecule has 1 saturated heterocycles. The zero-order valence-electron chi connectivity index (χ0n) is 18.4. The molecule has 13 heteroatoms. The molecule has 0 radical (unpaired) electrons. The highest BCUT2D eigenvalue weighted by atomic mass is 32.2. The molecule has 3 rings (SSSR count). The summed E-state index contributed by atoms with van der Waals surface area (Å²) < 4.78 is 62.1. The number of amides is 1. The molecule has 1 aliphatic rings. The molecule has 0 aromatic heterocycles. The maximum Gasteiger partial charge on any atom is 0.405 e. The van der Waals surface area contributed by atoms with Crippen molar-refractivity contribution in [3.63, 3.8) is 0 Å². The summed E-state index contributed by atoms with van der Waals surface area (Å²) in [5, 5.41) is 37.1. The summed E-state index contributed by atoms with van der Waals surface area (Å²) in [6.45, 7) is -0.371. The normalized spacial score (nSPS) is 25.1. The Kier molecular flexibility index (Phi) is 7.97. The average Bonchev–Trinajstić information content (AvgIpc) is 2.78. The van der Waals surface area contributed by atoms with E-state index in [0.29, 0.717) is 18.1 Å². The lowest BCUT2D eigenvalue weighted by Crippen LogP contribution is -2.65. The second-order valence-corrected chi connectivity index (χ2v) is 10.3. The minimum Gasteiger partial charge on any atom is -0.465 e. The van der Waals surface area contributed by atoms with E-state index < -0.39 is 64.2 Å². The Hall–Kier alpha value is -2.84. The molecule has 1 aliphatic heterocycles. The number of rotatable bonds is 8. The van der Waals surface area contributed by atoms with E-state index >= 15 is 0 Å². The van der Waals surface area contributed by atoms with Gasteiger partial charge < -0.3 is 35.2 Å². The number of carboxylic acid groups (broad SMARTS) is 1. The van der Waals surface area contributed by atoms with Crippen LogP contribution in [0.2, 0.25) is 0 Å². The molecule has 10 nitrogen and oxygen atoms in total. The average molecular weight is 518 g/mol. The summed E-state index contributed by atoms with van der Waals surface area (Å²) >= 11 is 0. The van der Waals surface area contributed by atoms with Crippen LogP contribution in [0.15, 0.2) is 48.5 Å². The molecule has 1 heterocycles. The SMILES string of the molecule is CC(F)(F)S(=O)(=O)Cc1cccc(-c2ccccc2O[C@@H]2OC(CO)[C@H](O)[C@H](O)C2NC(=O)O)c1. The van der Waals surface area contributed by atoms with E-state index in [1.807, 2.05) is 5.32 Å². The number of carbonyl (C=O) groups is 1. The van der Waals surface area contributed by atoms with Crippen molar-refractivity contribution in [3.05, 3.63) is 54.1 Å². The number of para-hydroxylation sites is 1. The number of hydrogen-bond donors (Lipinski definition) is 5. The molecule has 1 fully saturated rings. The van der Waals surface area contributed by atoms with Crippen LogP contribution in [-0.2, 0) is 20.3 Å². The third kappa shape index (κ3) is 6.05. The number of benzene rings is 2. The minimum atomic E-state index is -4.75. The monoisotopic (exact) mass is 517 g/mol. The van der Waals surface area contributed by atoms with Crippen molar-refractivity contribution in [3.8, 4) is 16.9 Å². The molecule has 5 N–H and O–H groups in total. The minimum absolute atomic E-state index is 0.108. The first-order valence-electron chi connectivity index (χ1n) is 10.4. The van der Waals surface area contributed by atoms with E-state index in [-0.39, 0.29) is 11.3 Å². The molecular weight excluding hydrogens is 492 g/mol. The molecule has 2 aromatic carbocycles. The van der Waals surface area contributed by atoms with E-state index in [1.54, 1.807) is 24.3 Å². The lowest BCUT2D eigenvalue weighted by molar-refractivity contribution is -0.243. The Morgan fingerprint density at radius 1 is 1.14 bits per heavy atom. The first-order chi connectivity index (χ1) is 16.3. The van der Waals surface area contributed by atoms with Crippen molar-refractivity contribution >= 4 is 15.9 Å². The van der Waals surface area contributed by atoms with Gasteiger partial charge in [-0.1, -0.05) is 36.4 Å². The highest BCUT2D eigenvalue weighted by Gasteiger charge is 2.46. The fourth-order valence-electron chi connectivity index (χ4n) is 3.59. The van der Waals surface area contributed by atoms with Crippen molar-refractivity contribution < 1.29 is 51.9 Å². The lowest BCUT2D eigenvalue weighted by atomic mass is 9.97. The third-order valence-corrected chi connectivity index (χ3v) is 7.25. The number of nitrogens with one attached hydrogen (secondary N) is 1. The topological polar surface area (TPSA) is 163 Å². The molecule has 5 atom stereocenters. The highest BCUT2D eigenvalue weighted by molar-refractivity contribution is 7.91. The molecule has 1 amide bonds. The Balaban J connectivity index is 1.94. The van der Waals surface area contributed by atoms with Crippen molar-refractivity contribution in [1.82, 2.24) is 5.32 Å². The Bertz CT molecular complexity index is 1160. The quantitative estimate of drug-likeness (QED) is 0.348. The smallest absolute Gasteiger partial charge is 0.405 e. The predicted molar refractivity (Wildman–Crippen MR) is 118 cm³/mol. The van der Waals surface area contributed by atoms with Crippen LogP contribution in [0.3, 0.4) is 0 Å². The summed E-state index contributed by atoms with van der Waals surface area (Å²) in [5.74, 6) is -0.776. The summed E-state index contributed by atoms with van der Waals surface area (Å²) in [7, 11) is -4.75. The number of hydrogen-bond acceptors (Lipinski definition) is 8. The number of aliphatic hydroxyl groups excluding tert-OH is 3. The van der Waals surface area contributed by atoms with Gasteiger partial charge in [0.1, 0.15) is 30.1 Å². The molecule has 2 unspecified atom stereocenters. The third-order valence-electron chi connectivity index (χ3n) is 5.44. The van der Waals surface area contributed by atoms with Crippen LogP contribution in [-0.4, -0.2) is 77.4 Å². The number of aliphatic hydroxyl groups is 3. The number of ether oxygens (including phenoxy) is 2. The maximum absolute atomic E-state index is 13.5. The van der Waals surface area contributed by atoms with Crippen molar-refractivity contribution in [2.24, 2.45) is 0 Å². The summed E-state index contributed by atoms with van der Waals surface area (Å²) in [4.78, 5) is 11.2. The van der Waals surface area contributed by atoms with Gasteiger partial charge in [-0.05, 0) is 23.3 Å². The van der Waals surface area contributed by atoms with Crippen LogP contribution >= 0.6 is 0 Å². The van der Waals surface area contributed by atoms with Gasteiger partial charge in [-0.3, -0.25) is 0 Å². The Morgan fingerprint density at radius 2 is 1.83 bits per heavy atom. The van der Waals surface area contributed by atoms with Crippen LogP contribution in [0.25, 0.3) is 11.1 Å². The van der Waals surface area contributed by atoms with Gasteiger partial charge in [-0.15, -0.1) is 0 Å². The maximum atomic E-state index is 13.5. The Morgan fingerprint density at radius 3 is 2.46 bits per heavy atom. The number of halogens is 2. The fourth-order valence-corrected chi connectivity index (χ4v) is 4.46. The van der Waals surface area contributed by atoms with Gasteiger partial charge in [0.05, 0.1) is 12.4 Å². The van der Waals surface area contributed by atoms with Crippen LogP contribution in [0, 0.1) is 0 Å². The first kappa shape index (κ1) is 26.8. The van der Waals surface area contributed by atoms with Gasteiger partial charge in [-0.25, -0.2) is 13.2 Å². The molecule has 35 heavy (non-hydrogen) atoms. The van der Waals surface area contributed by atoms with Crippen molar-refractivity contribution in [1.29, 1.82) is 0 Å².